The summed E-state index contributed by atoms with van der Waals surface area (Å²) in [5.41, 5.74) is 1.23. The van der Waals surface area contributed by atoms with Gasteiger partial charge in [-0.2, -0.15) is 0 Å². The van der Waals surface area contributed by atoms with E-state index < -0.39 is 0 Å². The summed E-state index contributed by atoms with van der Waals surface area (Å²) in [6.45, 7) is 2.65. The number of rotatable bonds is 3. The summed E-state index contributed by atoms with van der Waals surface area (Å²) in [6.07, 6.45) is 8.26. The van der Waals surface area contributed by atoms with Crippen molar-refractivity contribution < 1.29 is 4.79 Å². The monoisotopic (exact) mass is 272 g/mol. The van der Waals surface area contributed by atoms with Crippen LogP contribution in [0.3, 0.4) is 0 Å². The zero-order valence-electron chi connectivity index (χ0n) is 11.8. The summed E-state index contributed by atoms with van der Waals surface area (Å²) in [5.74, 6) is 1.38. The minimum atomic E-state index is -0.0476. The first-order valence-electron chi connectivity index (χ1n) is 7.34. The molecule has 1 saturated carbocycles. The number of amides is 1. The Hall–Kier alpha value is -1.91. The average Bonchev–Trinajstić information content (AvgIpc) is 2.87. The second kappa shape index (κ2) is 5.61. The van der Waals surface area contributed by atoms with Crippen molar-refractivity contribution in [1.82, 2.24) is 19.9 Å². The molecule has 1 fully saturated rings. The van der Waals surface area contributed by atoms with Crippen molar-refractivity contribution in [2.24, 2.45) is 5.92 Å². The van der Waals surface area contributed by atoms with Gasteiger partial charge in [0.1, 0.15) is 5.82 Å². The van der Waals surface area contributed by atoms with E-state index in [1.165, 1.54) is 32.1 Å². The molecule has 0 saturated heterocycles. The lowest BCUT2D eigenvalue weighted by Crippen LogP contribution is -2.30. The predicted molar refractivity (Wildman–Crippen MR) is 76.6 cm³/mol. The molecule has 5 nitrogen and oxygen atoms in total. The van der Waals surface area contributed by atoms with Gasteiger partial charge in [-0.15, -0.1) is 10.2 Å². The van der Waals surface area contributed by atoms with Crippen LogP contribution in [0.15, 0.2) is 18.3 Å². The van der Waals surface area contributed by atoms with Gasteiger partial charge in [0.15, 0.2) is 5.65 Å². The van der Waals surface area contributed by atoms with Crippen LogP contribution in [0.1, 0.15) is 48.3 Å². The molecule has 3 rings (SSSR count). The number of hydrogen-bond acceptors (Lipinski definition) is 3. The Balaban J connectivity index is 1.72. The van der Waals surface area contributed by atoms with Crippen molar-refractivity contribution in [3.63, 3.8) is 0 Å². The second-order valence-corrected chi connectivity index (χ2v) is 5.58. The van der Waals surface area contributed by atoms with Gasteiger partial charge in [0, 0.05) is 12.7 Å². The molecule has 1 N–H and O–H groups in total. The Bertz CT molecular complexity index is 613. The lowest BCUT2D eigenvalue weighted by Gasteiger charge is -2.21. The molecular weight excluding hydrogens is 252 g/mol. The Morgan fingerprint density at radius 3 is 2.95 bits per heavy atom. The summed E-state index contributed by atoms with van der Waals surface area (Å²) in [5, 5.41) is 11.2. The molecule has 0 unspecified atom stereocenters. The quantitative estimate of drug-likeness (QED) is 0.933. The molecule has 1 amide bonds. The summed E-state index contributed by atoms with van der Waals surface area (Å²) in [7, 11) is 0. The second-order valence-electron chi connectivity index (χ2n) is 5.58. The standard InChI is InChI=1S/C15H20N4O/c1-11-17-18-14-13(8-5-9-19(11)14)15(20)16-10-12-6-3-2-4-7-12/h5,8-9,12H,2-4,6-7,10H2,1H3,(H,16,20). The van der Waals surface area contributed by atoms with Gasteiger partial charge in [0.2, 0.25) is 0 Å². The molecule has 0 bridgehead atoms. The fraction of sp³-hybridized carbons (Fsp3) is 0.533. The fourth-order valence-corrected chi connectivity index (χ4v) is 2.93. The zero-order valence-corrected chi connectivity index (χ0v) is 11.8. The fourth-order valence-electron chi connectivity index (χ4n) is 2.93. The number of pyridine rings is 1. The third-order valence-electron chi connectivity index (χ3n) is 4.13. The lowest BCUT2D eigenvalue weighted by molar-refractivity contribution is 0.0944. The van der Waals surface area contributed by atoms with Crippen LogP contribution in [0.4, 0.5) is 0 Å². The molecule has 0 spiro atoms. The van der Waals surface area contributed by atoms with Crippen LogP contribution in [0.2, 0.25) is 0 Å². The third-order valence-corrected chi connectivity index (χ3v) is 4.13. The van der Waals surface area contributed by atoms with Crippen LogP contribution >= 0.6 is 0 Å². The molecule has 0 atom stereocenters. The maximum absolute atomic E-state index is 12.3. The van der Waals surface area contributed by atoms with Crippen LogP contribution in [0.25, 0.3) is 5.65 Å². The van der Waals surface area contributed by atoms with Crippen LogP contribution in [-0.4, -0.2) is 27.0 Å². The highest BCUT2D eigenvalue weighted by Gasteiger charge is 2.17. The Kier molecular flexibility index (Phi) is 3.67. The van der Waals surface area contributed by atoms with Gasteiger partial charge < -0.3 is 5.32 Å². The number of fused-ring (bicyclic) bond motifs is 1. The summed E-state index contributed by atoms with van der Waals surface area (Å²) in [6, 6.07) is 3.67. The van der Waals surface area contributed by atoms with Gasteiger partial charge >= 0.3 is 0 Å². The summed E-state index contributed by atoms with van der Waals surface area (Å²) >= 11 is 0. The number of aryl methyl sites for hydroxylation is 1. The molecule has 2 aromatic rings. The van der Waals surface area contributed by atoms with E-state index in [-0.39, 0.29) is 5.91 Å². The van der Waals surface area contributed by atoms with Crippen LogP contribution in [0.5, 0.6) is 0 Å². The molecule has 106 valence electrons. The molecule has 5 heteroatoms. The number of carbonyl (C=O) groups is 1. The van der Waals surface area contributed by atoms with E-state index in [2.05, 4.69) is 15.5 Å². The highest BCUT2D eigenvalue weighted by Crippen LogP contribution is 2.22. The van der Waals surface area contributed by atoms with Gasteiger partial charge in [0.05, 0.1) is 5.56 Å². The molecule has 2 heterocycles. The van der Waals surface area contributed by atoms with Crippen LogP contribution in [0, 0.1) is 12.8 Å². The Labute approximate surface area is 118 Å². The smallest absolute Gasteiger partial charge is 0.255 e. The van der Waals surface area contributed by atoms with E-state index in [1.807, 2.05) is 23.6 Å². The number of aromatic nitrogens is 3. The Morgan fingerprint density at radius 1 is 1.35 bits per heavy atom. The molecule has 1 aliphatic rings. The molecular formula is C15H20N4O. The largest absolute Gasteiger partial charge is 0.352 e. The maximum atomic E-state index is 12.3. The van der Waals surface area contributed by atoms with E-state index in [0.717, 1.165) is 12.4 Å². The minimum Gasteiger partial charge on any atom is -0.352 e. The van der Waals surface area contributed by atoms with Crippen molar-refractivity contribution >= 4 is 11.6 Å². The Morgan fingerprint density at radius 2 is 2.15 bits per heavy atom. The summed E-state index contributed by atoms with van der Waals surface area (Å²) < 4.78 is 1.84. The van der Waals surface area contributed by atoms with E-state index in [4.69, 9.17) is 0 Å². The highest BCUT2D eigenvalue weighted by molar-refractivity contribution is 5.99. The number of nitrogens with zero attached hydrogens (tertiary/aromatic N) is 3. The normalized spacial score (nSPS) is 16.4. The molecule has 0 aliphatic heterocycles. The number of hydrogen-bond donors (Lipinski definition) is 1. The van der Waals surface area contributed by atoms with Crippen molar-refractivity contribution in [2.45, 2.75) is 39.0 Å². The van der Waals surface area contributed by atoms with E-state index in [1.54, 1.807) is 6.07 Å². The summed E-state index contributed by atoms with van der Waals surface area (Å²) in [4.78, 5) is 12.3. The third kappa shape index (κ3) is 2.53. The first-order chi connectivity index (χ1) is 9.75. The average molecular weight is 272 g/mol. The van der Waals surface area contributed by atoms with Crippen molar-refractivity contribution in [3.05, 3.63) is 29.7 Å². The predicted octanol–water partition coefficient (Wildman–Crippen LogP) is 2.35. The lowest BCUT2D eigenvalue weighted by atomic mass is 9.89. The van der Waals surface area contributed by atoms with Gasteiger partial charge in [0.25, 0.3) is 5.91 Å². The van der Waals surface area contributed by atoms with Gasteiger partial charge in [-0.05, 0) is 37.8 Å². The van der Waals surface area contributed by atoms with Crippen LogP contribution < -0.4 is 5.32 Å². The highest BCUT2D eigenvalue weighted by atomic mass is 16.1. The number of carbonyl (C=O) groups excluding carboxylic acids is 1. The molecule has 0 radical (unpaired) electrons. The van der Waals surface area contributed by atoms with E-state index >= 15 is 0 Å². The van der Waals surface area contributed by atoms with Crippen molar-refractivity contribution in [2.75, 3.05) is 6.54 Å². The van der Waals surface area contributed by atoms with Gasteiger partial charge in [-0.25, -0.2) is 0 Å². The van der Waals surface area contributed by atoms with E-state index in [9.17, 15) is 4.79 Å². The van der Waals surface area contributed by atoms with Crippen molar-refractivity contribution in [3.8, 4) is 0 Å². The molecule has 1 aliphatic carbocycles. The first-order valence-corrected chi connectivity index (χ1v) is 7.34. The SMILES string of the molecule is Cc1nnc2c(C(=O)NCC3CCCCC3)cccn12. The molecule has 20 heavy (non-hydrogen) atoms. The number of nitrogens with one attached hydrogen (secondary N) is 1. The zero-order chi connectivity index (χ0) is 13.9. The topological polar surface area (TPSA) is 59.3 Å². The van der Waals surface area contributed by atoms with Crippen LogP contribution in [-0.2, 0) is 0 Å². The van der Waals surface area contributed by atoms with Crippen molar-refractivity contribution in [1.29, 1.82) is 0 Å². The molecule has 2 aromatic heterocycles. The van der Waals surface area contributed by atoms with Gasteiger partial charge in [-0.3, -0.25) is 9.20 Å². The molecule has 0 aromatic carbocycles. The van der Waals surface area contributed by atoms with Gasteiger partial charge in [-0.1, -0.05) is 19.3 Å². The maximum Gasteiger partial charge on any atom is 0.255 e. The first kappa shape index (κ1) is 13.1. The minimum absolute atomic E-state index is 0.0476. The van der Waals surface area contributed by atoms with E-state index in [0.29, 0.717) is 17.1 Å².